The van der Waals surface area contributed by atoms with Crippen LogP contribution in [-0.2, 0) is 11.3 Å². The zero-order valence-corrected chi connectivity index (χ0v) is 16.1. The minimum absolute atomic E-state index is 0.0599. The van der Waals surface area contributed by atoms with E-state index in [2.05, 4.69) is 24.4 Å². The van der Waals surface area contributed by atoms with E-state index in [1.165, 1.54) is 24.1 Å². The molecule has 136 valence electrons. The highest BCUT2D eigenvalue weighted by Crippen LogP contribution is 2.60. The third-order valence-corrected chi connectivity index (χ3v) is 8.05. The van der Waals surface area contributed by atoms with Crippen LogP contribution in [0.15, 0.2) is 30.3 Å². The Balaban J connectivity index is 1.30. The third kappa shape index (κ3) is 2.79. The molecule has 0 radical (unpaired) electrons. The number of benzene rings is 1. The molecule has 4 saturated carbocycles. The van der Waals surface area contributed by atoms with E-state index in [9.17, 15) is 4.79 Å². The van der Waals surface area contributed by atoms with Crippen molar-refractivity contribution in [3.63, 3.8) is 0 Å². The van der Waals surface area contributed by atoms with Gasteiger partial charge in [-0.3, -0.25) is 4.79 Å². The molecule has 1 aromatic heterocycles. The number of amides is 1. The molecular weight excluding hydrogens is 340 g/mol. The van der Waals surface area contributed by atoms with E-state index in [1.54, 1.807) is 11.3 Å². The van der Waals surface area contributed by atoms with Crippen molar-refractivity contribution < 1.29 is 4.79 Å². The van der Waals surface area contributed by atoms with Crippen molar-refractivity contribution in [2.75, 3.05) is 0 Å². The van der Waals surface area contributed by atoms with Gasteiger partial charge in [-0.15, -0.1) is 11.3 Å². The molecule has 0 unspecified atom stereocenters. The van der Waals surface area contributed by atoms with Gasteiger partial charge in [-0.2, -0.15) is 0 Å². The van der Waals surface area contributed by atoms with Gasteiger partial charge < -0.3 is 5.32 Å². The summed E-state index contributed by atoms with van der Waals surface area (Å²) < 4.78 is 0. The number of carbonyl (C=O) groups is 1. The Hall–Kier alpha value is -1.68. The number of aromatic nitrogens is 1. The van der Waals surface area contributed by atoms with Crippen LogP contribution in [0.5, 0.6) is 0 Å². The standard InChI is InChI=1S/C22H26N2OS/c1-14-19(26-20(24-14)18-5-3-2-4-6-18)13-23-21(25)22-10-15-7-16(11-22)9-17(8-15)12-22/h2-6,15-17H,7-13H2,1H3,(H,23,25). The van der Waals surface area contributed by atoms with Crippen molar-refractivity contribution >= 4 is 17.2 Å². The van der Waals surface area contributed by atoms with E-state index in [4.69, 9.17) is 4.98 Å². The first-order valence-corrected chi connectivity index (χ1v) is 10.7. The van der Waals surface area contributed by atoms with Gasteiger partial charge in [0.05, 0.1) is 12.2 Å². The Morgan fingerprint density at radius 3 is 2.35 bits per heavy atom. The van der Waals surface area contributed by atoms with Gasteiger partial charge in [0.1, 0.15) is 5.01 Å². The molecular formula is C22H26N2OS. The second-order valence-corrected chi connectivity index (χ2v) is 9.86. The number of nitrogens with one attached hydrogen (secondary N) is 1. The lowest BCUT2D eigenvalue weighted by Crippen LogP contribution is -2.53. The molecule has 0 spiro atoms. The van der Waals surface area contributed by atoms with Gasteiger partial charge in [0.2, 0.25) is 5.91 Å². The van der Waals surface area contributed by atoms with E-state index in [0.717, 1.165) is 53.3 Å². The second-order valence-electron chi connectivity index (χ2n) is 8.77. The van der Waals surface area contributed by atoms with Crippen molar-refractivity contribution in [2.24, 2.45) is 23.2 Å². The summed E-state index contributed by atoms with van der Waals surface area (Å²) >= 11 is 1.71. The number of nitrogens with zero attached hydrogens (tertiary/aromatic N) is 1. The zero-order chi connectivity index (χ0) is 17.7. The summed E-state index contributed by atoms with van der Waals surface area (Å²) in [5, 5.41) is 4.34. The van der Waals surface area contributed by atoms with Crippen molar-refractivity contribution in [2.45, 2.75) is 52.0 Å². The van der Waals surface area contributed by atoms with Gasteiger partial charge >= 0.3 is 0 Å². The highest BCUT2D eigenvalue weighted by atomic mass is 32.1. The minimum Gasteiger partial charge on any atom is -0.351 e. The first-order chi connectivity index (χ1) is 12.6. The molecule has 2 aromatic rings. The molecule has 6 rings (SSSR count). The van der Waals surface area contributed by atoms with Crippen LogP contribution in [0.4, 0.5) is 0 Å². The summed E-state index contributed by atoms with van der Waals surface area (Å²) in [4.78, 5) is 19.0. The van der Waals surface area contributed by atoms with Crippen molar-refractivity contribution in [3.05, 3.63) is 40.9 Å². The largest absolute Gasteiger partial charge is 0.351 e. The highest BCUT2D eigenvalue weighted by molar-refractivity contribution is 7.15. The second kappa shape index (κ2) is 6.19. The van der Waals surface area contributed by atoms with E-state index in [1.807, 2.05) is 18.2 Å². The van der Waals surface area contributed by atoms with Gasteiger partial charge in [0.15, 0.2) is 0 Å². The van der Waals surface area contributed by atoms with Crippen LogP contribution in [-0.4, -0.2) is 10.9 Å². The zero-order valence-electron chi connectivity index (χ0n) is 15.3. The lowest BCUT2D eigenvalue weighted by molar-refractivity contribution is -0.146. The smallest absolute Gasteiger partial charge is 0.226 e. The number of thiazole rings is 1. The maximum atomic E-state index is 13.1. The third-order valence-electron chi connectivity index (χ3n) is 6.84. The maximum Gasteiger partial charge on any atom is 0.226 e. The fourth-order valence-electron chi connectivity index (χ4n) is 6.03. The van der Waals surface area contributed by atoms with Crippen LogP contribution in [0.25, 0.3) is 10.6 Å². The molecule has 0 atom stereocenters. The highest BCUT2D eigenvalue weighted by Gasteiger charge is 2.54. The molecule has 4 aliphatic rings. The van der Waals surface area contributed by atoms with Gasteiger partial charge in [-0.25, -0.2) is 4.98 Å². The predicted octanol–water partition coefficient (Wildman–Crippen LogP) is 4.95. The minimum atomic E-state index is -0.0599. The molecule has 1 aromatic carbocycles. The summed E-state index contributed by atoms with van der Waals surface area (Å²) in [5.41, 5.74) is 2.13. The van der Waals surface area contributed by atoms with Crippen LogP contribution < -0.4 is 5.32 Å². The fraction of sp³-hybridized carbons (Fsp3) is 0.545. The number of rotatable bonds is 4. The predicted molar refractivity (Wildman–Crippen MR) is 105 cm³/mol. The summed E-state index contributed by atoms with van der Waals surface area (Å²) in [6, 6.07) is 10.3. The van der Waals surface area contributed by atoms with Crippen molar-refractivity contribution in [1.29, 1.82) is 0 Å². The molecule has 1 heterocycles. The molecule has 1 N–H and O–H groups in total. The Bertz CT molecular complexity index is 791. The fourth-order valence-corrected chi connectivity index (χ4v) is 7.04. The van der Waals surface area contributed by atoms with E-state index in [-0.39, 0.29) is 5.41 Å². The van der Waals surface area contributed by atoms with Gasteiger partial charge in [-0.05, 0) is 63.2 Å². The van der Waals surface area contributed by atoms with E-state index >= 15 is 0 Å². The maximum absolute atomic E-state index is 13.1. The molecule has 26 heavy (non-hydrogen) atoms. The Kier molecular flexibility index (Phi) is 3.93. The lowest BCUT2D eigenvalue weighted by atomic mass is 9.49. The van der Waals surface area contributed by atoms with Gasteiger partial charge in [0.25, 0.3) is 0 Å². The Labute approximate surface area is 159 Å². The molecule has 1 amide bonds. The van der Waals surface area contributed by atoms with Crippen molar-refractivity contribution in [3.8, 4) is 10.6 Å². The summed E-state index contributed by atoms with van der Waals surface area (Å²) in [6.07, 6.45) is 7.51. The van der Waals surface area contributed by atoms with Gasteiger partial charge in [-0.1, -0.05) is 30.3 Å². The quantitative estimate of drug-likeness (QED) is 0.832. The van der Waals surface area contributed by atoms with Crippen LogP contribution in [0.1, 0.15) is 49.1 Å². The number of aryl methyl sites for hydroxylation is 1. The molecule has 4 bridgehead atoms. The molecule has 4 aliphatic carbocycles. The van der Waals surface area contributed by atoms with Crippen LogP contribution >= 0.6 is 11.3 Å². The van der Waals surface area contributed by atoms with Crippen LogP contribution in [0.2, 0.25) is 0 Å². The average Bonchev–Trinajstić information content (AvgIpc) is 3.00. The Morgan fingerprint density at radius 2 is 1.73 bits per heavy atom. The topological polar surface area (TPSA) is 42.0 Å². The molecule has 0 aliphatic heterocycles. The van der Waals surface area contributed by atoms with Gasteiger partial charge in [0, 0.05) is 15.9 Å². The molecule has 4 heteroatoms. The Morgan fingerprint density at radius 1 is 1.12 bits per heavy atom. The number of hydrogen-bond acceptors (Lipinski definition) is 3. The van der Waals surface area contributed by atoms with E-state index < -0.39 is 0 Å². The first kappa shape index (κ1) is 16.5. The molecule has 0 saturated heterocycles. The molecule has 4 fully saturated rings. The summed E-state index contributed by atoms with van der Waals surface area (Å²) in [7, 11) is 0. The first-order valence-electron chi connectivity index (χ1n) is 9.91. The van der Waals surface area contributed by atoms with Crippen molar-refractivity contribution in [1.82, 2.24) is 10.3 Å². The van der Waals surface area contributed by atoms with E-state index in [0.29, 0.717) is 12.5 Å². The SMILES string of the molecule is Cc1nc(-c2ccccc2)sc1CNC(=O)C12CC3CC(CC(C3)C1)C2. The number of hydrogen-bond donors (Lipinski definition) is 1. The normalized spacial score (nSPS) is 32.0. The molecule has 3 nitrogen and oxygen atoms in total. The summed E-state index contributed by atoms with van der Waals surface area (Å²) in [5.74, 6) is 2.73. The summed E-state index contributed by atoms with van der Waals surface area (Å²) in [6.45, 7) is 2.67. The van der Waals surface area contributed by atoms with Crippen LogP contribution in [0.3, 0.4) is 0 Å². The number of carbonyl (C=O) groups excluding carboxylic acids is 1. The average molecular weight is 367 g/mol. The monoisotopic (exact) mass is 366 g/mol. The lowest BCUT2D eigenvalue weighted by Gasteiger charge is -2.55. The van der Waals surface area contributed by atoms with Crippen LogP contribution in [0, 0.1) is 30.1 Å².